The highest BCUT2D eigenvalue weighted by Gasteiger charge is 2.36. The molecule has 0 radical (unpaired) electrons. The largest absolute Gasteiger partial charge is 0.330 e. The van der Waals surface area contributed by atoms with Crippen molar-refractivity contribution in [2.24, 2.45) is 0 Å². The Balaban J connectivity index is 2.19. The van der Waals surface area contributed by atoms with E-state index in [1.54, 1.807) is 0 Å². The first-order chi connectivity index (χ1) is 7.77. The van der Waals surface area contributed by atoms with Gasteiger partial charge in [-0.1, -0.05) is 13.8 Å². The molecule has 1 aromatic rings. The lowest BCUT2D eigenvalue weighted by Crippen LogP contribution is -2.41. The maximum Gasteiger partial charge on any atom is 0.291 e. The quantitative estimate of drug-likeness (QED) is 0.845. The van der Waals surface area contributed by atoms with Crippen molar-refractivity contribution in [3.05, 3.63) is 12.2 Å². The van der Waals surface area contributed by atoms with Crippen LogP contribution in [0.15, 0.2) is 6.33 Å². The summed E-state index contributed by atoms with van der Waals surface area (Å²) in [7, 11) is 0. The van der Waals surface area contributed by atoms with E-state index in [1.165, 1.54) is 6.33 Å². The first-order valence-corrected chi connectivity index (χ1v) is 5.95. The van der Waals surface area contributed by atoms with E-state index < -0.39 is 0 Å². The Morgan fingerprint density at radius 1 is 1.44 bits per heavy atom. The van der Waals surface area contributed by atoms with Crippen molar-refractivity contribution < 1.29 is 4.79 Å². The van der Waals surface area contributed by atoms with Gasteiger partial charge < -0.3 is 4.90 Å². The van der Waals surface area contributed by atoms with Crippen molar-refractivity contribution >= 4 is 5.91 Å². The van der Waals surface area contributed by atoms with E-state index in [4.69, 9.17) is 0 Å². The predicted molar refractivity (Wildman–Crippen MR) is 59.9 cm³/mol. The second-order valence-corrected chi connectivity index (χ2v) is 4.25. The molecule has 0 spiro atoms. The summed E-state index contributed by atoms with van der Waals surface area (Å²) in [6, 6.07) is 0.727. The van der Waals surface area contributed by atoms with Gasteiger partial charge in [0.15, 0.2) is 0 Å². The van der Waals surface area contributed by atoms with Crippen LogP contribution in [0.3, 0.4) is 0 Å². The van der Waals surface area contributed by atoms with Gasteiger partial charge in [-0.05, 0) is 25.7 Å². The molecule has 0 aliphatic carbocycles. The van der Waals surface area contributed by atoms with Crippen molar-refractivity contribution in [1.82, 2.24) is 20.1 Å². The molecule has 2 heterocycles. The van der Waals surface area contributed by atoms with Crippen molar-refractivity contribution in [3.63, 3.8) is 0 Å². The summed E-state index contributed by atoms with van der Waals surface area (Å²) in [5, 5.41) is 6.38. The van der Waals surface area contributed by atoms with Crippen LogP contribution in [-0.4, -0.2) is 38.1 Å². The second kappa shape index (κ2) is 4.63. The Kier molecular flexibility index (Phi) is 3.22. The van der Waals surface area contributed by atoms with E-state index >= 15 is 0 Å². The number of aromatic amines is 1. The van der Waals surface area contributed by atoms with Crippen LogP contribution in [0.4, 0.5) is 0 Å². The first kappa shape index (κ1) is 11.1. The molecule has 2 unspecified atom stereocenters. The fourth-order valence-corrected chi connectivity index (χ4v) is 2.53. The van der Waals surface area contributed by atoms with E-state index in [0.717, 1.165) is 25.7 Å². The molecule has 16 heavy (non-hydrogen) atoms. The molecule has 2 rings (SSSR count). The third kappa shape index (κ3) is 1.81. The second-order valence-electron chi connectivity index (χ2n) is 4.25. The van der Waals surface area contributed by atoms with Gasteiger partial charge in [0.2, 0.25) is 5.82 Å². The van der Waals surface area contributed by atoms with Gasteiger partial charge in [-0.2, -0.15) is 5.10 Å². The smallest absolute Gasteiger partial charge is 0.291 e. The van der Waals surface area contributed by atoms with Gasteiger partial charge in [0.25, 0.3) is 5.91 Å². The van der Waals surface area contributed by atoms with E-state index in [-0.39, 0.29) is 5.91 Å². The topological polar surface area (TPSA) is 61.9 Å². The maximum atomic E-state index is 12.2. The summed E-state index contributed by atoms with van der Waals surface area (Å²) in [4.78, 5) is 18.2. The average molecular weight is 222 g/mol. The van der Waals surface area contributed by atoms with Gasteiger partial charge in [-0.3, -0.25) is 9.89 Å². The standard InChI is InChI=1S/C11H18N4O/c1-3-8-5-6-9(4-2)15(8)11(16)10-12-7-13-14-10/h7-9H,3-6H2,1-2H3,(H,12,13,14). The molecule has 0 bridgehead atoms. The number of H-pyrrole nitrogens is 1. The SMILES string of the molecule is CCC1CCC(CC)N1C(=O)c1ncn[nH]1. The Morgan fingerprint density at radius 3 is 2.50 bits per heavy atom. The van der Waals surface area contributed by atoms with E-state index in [9.17, 15) is 4.79 Å². The summed E-state index contributed by atoms with van der Waals surface area (Å²) < 4.78 is 0. The minimum atomic E-state index is -0.00583. The Morgan fingerprint density at radius 2 is 2.06 bits per heavy atom. The number of hydrogen-bond acceptors (Lipinski definition) is 3. The maximum absolute atomic E-state index is 12.2. The lowest BCUT2D eigenvalue weighted by molar-refractivity contribution is 0.0647. The molecule has 0 aromatic carbocycles. The van der Waals surface area contributed by atoms with Crippen molar-refractivity contribution in [3.8, 4) is 0 Å². The summed E-state index contributed by atoms with van der Waals surface area (Å²) in [5.74, 6) is 0.354. The van der Waals surface area contributed by atoms with Crippen LogP contribution in [0.5, 0.6) is 0 Å². The number of hydrogen-bond donors (Lipinski definition) is 1. The zero-order valence-electron chi connectivity index (χ0n) is 9.81. The van der Waals surface area contributed by atoms with Crippen molar-refractivity contribution in [2.45, 2.75) is 51.6 Å². The number of rotatable bonds is 3. The fourth-order valence-electron chi connectivity index (χ4n) is 2.53. The van der Waals surface area contributed by atoms with E-state index in [0.29, 0.717) is 17.9 Å². The molecular formula is C11H18N4O. The number of nitrogens with one attached hydrogen (secondary N) is 1. The zero-order chi connectivity index (χ0) is 11.5. The summed E-state index contributed by atoms with van der Waals surface area (Å²) in [6.07, 6.45) is 5.61. The van der Waals surface area contributed by atoms with Gasteiger partial charge in [-0.15, -0.1) is 0 Å². The molecule has 1 aromatic heterocycles. The number of amides is 1. The third-order valence-corrected chi connectivity index (χ3v) is 3.41. The normalized spacial score (nSPS) is 25.0. The van der Waals surface area contributed by atoms with Gasteiger partial charge >= 0.3 is 0 Å². The fraction of sp³-hybridized carbons (Fsp3) is 0.727. The van der Waals surface area contributed by atoms with E-state index in [2.05, 4.69) is 29.0 Å². The number of carbonyl (C=O) groups is 1. The summed E-state index contributed by atoms with van der Waals surface area (Å²) in [6.45, 7) is 4.26. The zero-order valence-corrected chi connectivity index (χ0v) is 9.81. The Bertz CT molecular complexity index is 337. The molecule has 1 aliphatic rings. The van der Waals surface area contributed by atoms with Gasteiger partial charge in [0, 0.05) is 12.1 Å². The Labute approximate surface area is 95.2 Å². The van der Waals surface area contributed by atoms with Crippen molar-refractivity contribution in [2.75, 3.05) is 0 Å². The number of likely N-dealkylation sites (tertiary alicyclic amines) is 1. The first-order valence-electron chi connectivity index (χ1n) is 5.95. The highest BCUT2D eigenvalue weighted by atomic mass is 16.2. The van der Waals surface area contributed by atoms with Crippen molar-refractivity contribution in [1.29, 1.82) is 0 Å². The third-order valence-electron chi connectivity index (χ3n) is 3.41. The average Bonchev–Trinajstić information content (AvgIpc) is 2.96. The van der Waals surface area contributed by atoms with Crippen LogP contribution >= 0.6 is 0 Å². The molecule has 5 heteroatoms. The van der Waals surface area contributed by atoms with Crippen LogP contribution in [0.2, 0.25) is 0 Å². The number of aromatic nitrogens is 3. The molecule has 2 atom stereocenters. The molecule has 1 fully saturated rings. The molecule has 1 aliphatic heterocycles. The minimum Gasteiger partial charge on any atom is -0.330 e. The Hall–Kier alpha value is -1.39. The van der Waals surface area contributed by atoms with Crippen LogP contribution in [-0.2, 0) is 0 Å². The van der Waals surface area contributed by atoms with Crippen LogP contribution in [0.1, 0.15) is 50.1 Å². The molecule has 1 amide bonds. The lowest BCUT2D eigenvalue weighted by Gasteiger charge is -2.28. The summed E-state index contributed by atoms with van der Waals surface area (Å²) >= 11 is 0. The molecule has 88 valence electrons. The monoisotopic (exact) mass is 222 g/mol. The van der Waals surface area contributed by atoms with Crippen LogP contribution in [0.25, 0.3) is 0 Å². The molecule has 1 N–H and O–H groups in total. The molecule has 5 nitrogen and oxygen atoms in total. The predicted octanol–water partition coefficient (Wildman–Crippen LogP) is 1.60. The lowest BCUT2D eigenvalue weighted by atomic mass is 10.1. The molecule has 0 saturated carbocycles. The van der Waals surface area contributed by atoms with Gasteiger partial charge in [0.1, 0.15) is 6.33 Å². The van der Waals surface area contributed by atoms with Crippen LogP contribution < -0.4 is 0 Å². The molecule has 1 saturated heterocycles. The minimum absolute atomic E-state index is 0.00583. The highest BCUT2D eigenvalue weighted by Crippen LogP contribution is 2.29. The highest BCUT2D eigenvalue weighted by molar-refractivity contribution is 5.91. The van der Waals surface area contributed by atoms with Gasteiger partial charge in [-0.25, -0.2) is 4.98 Å². The van der Waals surface area contributed by atoms with Gasteiger partial charge in [0.05, 0.1) is 0 Å². The number of carbonyl (C=O) groups excluding carboxylic acids is 1. The summed E-state index contributed by atoms with van der Waals surface area (Å²) in [5.41, 5.74) is 0. The van der Waals surface area contributed by atoms with Crippen LogP contribution in [0, 0.1) is 0 Å². The molecular weight excluding hydrogens is 204 g/mol. The number of nitrogens with zero attached hydrogens (tertiary/aromatic N) is 3. The van der Waals surface area contributed by atoms with E-state index in [1.807, 2.05) is 4.90 Å².